The molecule has 0 bridgehead atoms. The predicted molar refractivity (Wildman–Crippen MR) is 125 cm³/mol. The molecule has 6 nitrogen and oxygen atoms in total. The molecule has 1 aromatic carbocycles. The second-order valence-electron chi connectivity index (χ2n) is 7.38. The van der Waals surface area contributed by atoms with Crippen molar-refractivity contribution in [2.45, 2.75) is 39.7 Å². The lowest BCUT2D eigenvalue weighted by atomic mass is 10.2. The molecule has 0 saturated heterocycles. The Morgan fingerprint density at radius 1 is 1.10 bits per heavy atom. The summed E-state index contributed by atoms with van der Waals surface area (Å²) < 4.78 is 3.66. The molecule has 4 rings (SSSR count). The molecule has 0 amide bonds. The van der Waals surface area contributed by atoms with E-state index in [2.05, 4.69) is 46.7 Å². The number of pyridine rings is 2. The normalized spacial score (nSPS) is 13.4. The van der Waals surface area contributed by atoms with E-state index in [-0.39, 0.29) is 5.56 Å². The minimum Gasteiger partial charge on any atom is -0.348 e. The predicted octanol–water partition coefficient (Wildman–Crippen LogP) is 2.84. The maximum absolute atomic E-state index is 13.2. The smallest absolute Gasteiger partial charge is 0.282 e. The maximum atomic E-state index is 13.2. The van der Waals surface area contributed by atoms with E-state index in [4.69, 9.17) is 4.99 Å². The second-order valence-corrected chi connectivity index (χ2v) is 7.38. The van der Waals surface area contributed by atoms with Crippen LogP contribution in [-0.4, -0.2) is 19.3 Å². The molecule has 4 aromatic rings. The van der Waals surface area contributed by atoms with Crippen LogP contribution in [0.15, 0.2) is 70.7 Å². The zero-order valence-corrected chi connectivity index (χ0v) is 18.0. The van der Waals surface area contributed by atoms with Gasteiger partial charge in [-0.25, -0.2) is 9.67 Å². The molecule has 6 heteroatoms. The Morgan fingerprint density at radius 3 is 2.71 bits per heavy atom. The Bertz CT molecular complexity index is 1420. The fraction of sp³-hybridized carbons (Fsp3) is 0.240. The third-order valence-electron chi connectivity index (χ3n) is 5.32. The number of para-hydroxylation sites is 1. The van der Waals surface area contributed by atoms with Gasteiger partial charge in [-0.15, -0.1) is 0 Å². The number of aromatic amines is 1. The summed E-state index contributed by atoms with van der Waals surface area (Å²) in [6.07, 6.45) is 10.5. The molecule has 0 saturated carbocycles. The number of H-pyrrole nitrogens is 1. The van der Waals surface area contributed by atoms with Crippen molar-refractivity contribution in [3.8, 4) is 5.82 Å². The quantitative estimate of drug-likeness (QED) is 0.494. The Hall–Kier alpha value is -3.67. The van der Waals surface area contributed by atoms with Crippen LogP contribution >= 0.6 is 0 Å². The number of hydrogen-bond donors (Lipinski definition) is 1. The Kier molecular flexibility index (Phi) is 6.26. The molecule has 0 aliphatic rings. The minimum atomic E-state index is -0.158. The number of nitrogens with zero attached hydrogens (tertiary/aromatic N) is 4. The summed E-state index contributed by atoms with van der Waals surface area (Å²) in [6, 6.07) is 15.7. The van der Waals surface area contributed by atoms with Crippen molar-refractivity contribution in [2.75, 3.05) is 0 Å². The summed E-state index contributed by atoms with van der Waals surface area (Å²) in [4.78, 5) is 22.2. The van der Waals surface area contributed by atoms with Gasteiger partial charge in [-0.1, -0.05) is 43.7 Å². The van der Waals surface area contributed by atoms with Crippen LogP contribution < -0.4 is 21.5 Å². The van der Waals surface area contributed by atoms with E-state index in [9.17, 15) is 4.79 Å². The van der Waals surface area contributed by atoms with Crippen molar-refractivity contribution in [3.05, 3.63) is 87.2 Å². The number of fused-ring (bicyclic) bond motifs is 1. The molecule has 1 N–H and O–H groups in total. The first-order valence-corrected chi connectivity index (χ1v) is 10.8. The van der Waals surface area contributed by atoms with E-state index in [1.54, 1.807) is 12.4 Å². The molecule has 3 aromatic heterocycles. The first kappa shape index (κ1) is 20.6. The average Bonchev–Trinajstić information content (AvgIpc) is 3.13. The number of aryl methyl sites for hydroxylation is 1. The summed E-state index contributed by atoms with van der Waals surface area (Å²) in [5.41, 5.74) is 0.961. The molecule has 3 heterocycles. The van der Waals surface area contributed by atoms with Crippen molar-refractivity contribution >= 4 is 23.2 Å². The third-order valence-corrected chi connectivity index (χ3v) is 5.32. The van der Waals surface area contributed by atoms with E-state index < -0.39 is 0 Å². The van der Waals surface area contributed by atoms with Crippen LogP contribution in [0.1, 0.15) is 33.1 Å². The number of unbranched alkanes of at least 4 members (excludes halogenated alkanes) is 2. The largest absolute Gasteiger partial charge is 0.348 e. The van der Waals surface area contributed by atoms with E-state index in [0.29, 0.717) is 11.0 Å². The molecule has 0 unspecified atom stereocenters. The van der Waals surface area contributed by atoms with Gasteiger partial charge in [0, 0.05) is 30.5 Å². The lowest BCUT2D eigenvalue weighted by Gasteiger charge is -2.07. The van der Waals surface area contributed by atoms with Gasteiger partial charge >= 0.3 is 0 Å². The van der Waals surface area contributed by atoms with Crippen LogP contribution in [0.3, 0.4) is 0 Å². The zero-order chi connectivity index (χ0) is 21.6. The highest BCUT2D eigenvalue weighted by atomic mass is 16.1. The number of aromatic nitrogens is 4. The average molecular weight is 414 g/mol. The van der Waals surface area contributed by atoms with Gasteiger partial charge in [-0.3, -0.25) is 14.9 Å². The summed E-state index contributed by atoms with van der Waals surface area (Å²) in [7, 11) is 0. The van der Waals surface area contributed by atoms with Crippen molar-refractivity contribution in [2.24, 2.45) is 4.99 Å². The molecule has 0 radical (unpaired) electrons. The van der Waals surface area contributed by atoms with Gasteiger partial charge < -0.3 is 4.57 Å². The SMILES string of the molecule is CCCCC=c1[nH]n(-c2ccccn2)c(=O)c1=CN=c1ccn(CC)c2ccccc12. The molecule has 158 valence electrons. The second kappa shape index (κ2) is 9.43. The fourth-order valence-electron chi connectivity index (χ4n) is 3.64. The molecule has 0 spiro atoms. The fourth-order valence-corrected chi connectivity index (χ4v) is 3.64. The van der Waals surface area contributed by atoms with E-state index in [1.165, 1.54) is 4.68 Å². The van der Waals surface area contributed by atoms with Gasteiger partial charge in [0.25, 0.3) is 5.56 Å². The van der Waals surface area contributed by atoms with Gasteiger partial charge in [0.2, 0.25) is 0 Å². The van der Waals surface area contributed by atoms with Gasteiger partial charge in [0.1, 0.15) is 0 Å². The van der Waals surface area contributed by atoms with E-state index >= 15 is 0 Å². The van der Waals surface area contributed by atoms with Gasteiger partial charge in [-0.2, -0.15) is 0 Å². The maximum Gasteiger partial charge on any atom is 0.282 e. The van der Waals surface area contributed by atoms with Gasteiger partial charge in [-0.05, 0) is 44.0 Å². The number of benzene rings is 1. The van der Waals surface area contributed by atoms with Crippen LogP contribution in [0.5, 0.6) is 0 Å². The monoisotopic (exact) mass is 413 g/mol. The van der Waals surface area contributed by atoms with Crippen molar-refractivity contribution in [1.82, 2.24) is 19.3 Å². The summed E-state index contributed by atoms with van der Waals surface area (Å²) in [6.45, 7) is 5.16. The molecule has 31 heavy (non-hydrogen) atoms. The van der Waals surface area contributed by atoms with Crippen LogP contribution in [0, 0.1) is 0 Å². The van der Waals surface area contributed by atoms with Crippen LogP contribution in [0.4, 0.5) is 0 Å². The van der Waals surface area contributed by atoms with Crippen LogP contribution in [0.2, 0.25) is 0 Å². The lowest BCUT2D eigenvalue weighted by Crippen LogP contribution is -2.34. The van der Waals surface area contributed by atoms with Gasteiger partial charge in [0.15, 0.2) is 5.82 Å². The van der Waals surface area contributed by atoms with E-state index in [0.717, 1.165) is 47.4 Å². The summed E-state index contributed by atoms with van der Waals surface area (Å²) in [5, 5.41) is 6.42. The molecule has 0 aliphatic carbocycles. The third kappa shape index (κ3) is 4.28. The van der Waals surface area contributed by atoms with Crippen molar-refractivity contribution < 1.29 is 0 Å². The first-order chi connectivity index (χ1) is 15.2. The number of hydrogen-bond acceptors (Lipinski definition) is 3. The molecule has 0 aliphatic heterocycles. The Balaban J connectivity index is 1.94. The minimum absolute atomic E-state index is 0.158. The molecule has 0 fully saturated rings. The van der Waals surface area contributed by atoms with Crippen LogP contribution in [-0.2, 0) is 6.54 Å². The lowest BCUT2D eigenvalue weighted by molar-refractivity contribution is 0.787. The summed E-state index contributed by atoms with van der Waals surface area (Å²) in [5.74, 6) is 0.562. The highest BCUT2D eigenvalue weighted by Crippen LogP contribution is 2.09. The molecular weight excluding hydrogens is 386 g/mol. The molecular formula is C25H27N5O. The Morgan fingerprint density at radius 2 is 1.94 bits per heavy atom. The first-order valence-electron chi connectivity index (χ1n) is 10.8. The number of nitrogens with one attached hydrogen (secondary N) is 1. The van der Waals surface area contributed by atoms with Crippen molar-refractivity contribution in [3.63, 3.8) is 0 Å². The highest BCUT2D eigenvalue weighted by molar-refractivity contribution is 5.78. The standard InChI is InChI=1S/C25H27N5O/c1-3-5-6-12-22-20(25(31)30(28-22)24-14-9-10-16-26-24)18-27-21-15-17-29(4-2)23-13-8-7-11-19(21)23/h7-18,28H,3-6H2,1-2H3. The molecule has 0 atom stereocenters. The summed E-state index contributed by atoms with van der Waals surface area (Å²) >= 11 is 0. The highest BCUT2D eigenvalue weighted by Gasteiger charge is 2.06. The van der Waals surface area contributed by atoms with Gasteiger partial charge in [0.05, 0.1) is 21.4 Å². The van der Waals surface area contributed by atoms with Crippen LogP contribution in [0.25, 0.3) is 29.0 Å². The topological polar surface area (TPSA) is 68.0 Å². The zero-order valence-electron chi connectivity index (χ0n) is 18.0. The Labute approximate surface area is 180 Å². The van der Waals surface area contributed by atoms with Crippen molar-refractivity contribution in [1.29, 1.82) is 0 Å². The van der Waals surface area contributed by atoms with E-state index in [1.807, 2.05) is 42.6 Å². The number of rotatable bonds is 6.